The molecule has 0 spiro atoms. The molecule has 182 valence electrons. The highest BCUT2D eigenvalue weighted by Gasteiger charge is 2.18. The molecule has 0 radical (unpaired) electrons. The Morgan fingerprint density at radius 3 is 2.47 bits per heavy atom. The number of nitrogens with one attached hydrogen (secondary N) is 1. The Labute approximate surface area is 214 Å². The first kappa shape index (κ1) is 23.6. The zero-order valence-corrected chi connectivity index (χ0v) is 21.2. The molecule has 3 aromatic rings. The largest absolute Gasteiger partial charge is 0.497 e. The SMILES string of the molecule is COc1ccc2nc3cc(Nc4cccnc4OC)/c(=N/C(C)C)cc-3n(-c3ccc(Cl)cc3)c2c1. The maximum atomic E-state index is 6.21. The van der Waals surface area contributed by atoms with Gasteiger partial charge in [0.05, 0.1) is 47.7 Å². The van der Waals surface area contributed by atoms with Gasteiger partial charge in [-0.05, 0) is 74.5 Å². The smallest absolute Gasteiger partial charge is 0.237 e. The van der Waals surface area contributed by atoms with Crippen LogP contribution < -0.4 is 20.1 Å². The van der Waals surface area contributed by atoms with E-state index in [0.717, 1.165) is 50.6 Å². The van der Waals surface area contributed by atoms with Crippen LogP contribution in [0.3, 0.4) is 0 Å². The minimum absolute atomic E-state index is 0.0799. The second-order valence-electron chi connectivity index (χ2n) is 8.54. The Hall–Kier alpha value is -4.10. The van der Waals surface area contributed by atoms with Gasteiger partial charge in [0.25, 0.3) is 0 Å². The van der Waals surface area contributed by atoms with Crippen LogP contribution in [0.1, 0.15) is 13.8 Å². The zero-order chi connectivity index (χ0) is 25.2. The van der Waals surface area contributed by atoms with E-state index in [2.05, 4.69) is 34.8 Å². The Balaban J connectivity index is 1.83. The summed E-state index contributed by atoms with van der Waals surface area (Å²) < 4.78 is 13.1. The van der Waals surface area contributed by atoms with Crippen molar-refractivity contribution in [3.63, 3.8) is 0 Å². The fourth-order valence-corrected chi connectivity index (χ4v) is 4.27. The van der Waals surface area contributed by atoms with Crippen molar-refractivity contribution >= 4 is 34.0 Å². The topological polar surface area (TPSA) is 73.6 Å². The summed E-state index contributed by atoms with van der Waals surface area (Å²) in [6, 6.07) is 21.5. The van der Waals surface area contributed by atoms with Gasteiger partial charge in [-0.25, -0.2) is 9.97 Å². The number of hydrogen-bond acceptors (Lipinski definition) is 6. The monoisotopic (exact) mass is 499 g/mol. The van der Waals surface area contributed by atoms with Crippen molar-refractivity contribution in [2.75, 3.05) is 19.5 Å². The fraction of sp³-hybridized carbons (Fsp3) is 0.179. The second-order valence-corrected chi connectivity index (χ2v) is 8.98. The summed E-state index contributed by atoms with van der Waals surface area (Å²) >= 11 is 6.21. The van der Waals surface area contributed by atoms with Crippen LogP contribution in [0.2, 0.25) is 5.02 Å². The third kappa shape index (κ3) is 4.57. The summed E-state index contributed by atoms with van der Waals surface area (Å²) in [6.45, 7) is 4.10. The van der Waals surface area contributed by atoms with Gasteiger partial charge in [-0.15, -0.1) is 0 Å². The van der Waals surface area contributed by atoms with Crippen LogP contribution in [0.15, 0.2) is 77.9 Å². The molecule has 0 bridgehead atoms. The van der Waals surface area contributed by atoms with Crippen molar-refractivity contribution < 1.29 is 9.47 Å². The van der Waals surface area contributed by atoms with E-state index in [0.29, 0.717) is 10.9 Å². The van der Waals surface area contributed by atoms with E-state index in [9.17, 15) is 0 Å². The number of anilines is 2. The second kappa shape index (κ2) is 9.87. The molecule has 1 aliphatic carbocycles. The van der Waals surface area contributed by atoms with Crippen LogP contribution >= 0.6 is 11.6 Å². The van der Waals surface area contributed by atoms with Gasteiger partial charge in [0, 0.05) is 29.0 Å². The van der Waals surface area contributed by atoms with Crippen LogP contribution in [0.25, 0.3) is 28.1 Å². The highest BCUT2D eigenvalue weighted by molar-refractivity contribution is 6.30. The number of aromatic nitrogens is 3. The van der Waals surface area contributed by atoms with Gasteiger partial charge in [0.15, 0.2) is 0 Å². The van der Waals surface area contributed by atoms with Gasteiger partial charge >= 0.3 is 0 Å². The average molecular weight is 500 g/mol. The minimum atomic E-state index is 0.0799. The van der Waals surface area contributed by atoms with Gasteiger partial charge in [-0.3, -0.25) is 4.99 Å². The molecular formula is C28H26ClN5O2. The predicted molar refractivity (Wildman–Crippen MR) is 144 cm³/mol. The van der Waals surface area contributed by atoms with E-state index in [1.165, 1.54) is 0 Å². The van der Waals surface area contributed by atoms with E-state index < -0.39 is 0 Å². The molecule has 5 rings (SSSR count). The number of benzene rings is 3. The number of pyridine rings is 1. The van der Waals surface area contributed by atoms with Crippen molar-refractivity contribution in [2.45, 2.75) is 19.9 Å². The molecule has 2 heterocycles. The van der Waals surface area contributed by atoms with Crippen LogP contribution in [0.4, 0.5) is 11.4 Å². The predicted octanol–water partition coefficient (Wildman–Crippen LogP) is 6.25. The Kier molecular flexibility index (Phi) is 6.48. The first-order valence-electron chi connectivity index (χ1n) is 11.6. The van der Waals surface area contributed by atoms with E-state index in [-0.39, 0.29) is 6.04 Å². The van der Waals surface area contributed by atoms with Crippen molar-refractivity contribution in [2.24, 2.45) is 4.99 Å². The standard InChI is InChI=1S/C28H26ClN5O2/c1-17(2)31-24-16-27-25(15-23(24)33-22-6-5-13-30-28(22)36-4)32-21-12-11-20(35-3)14-26(21)34(27)19-9-7-18(29)8-10-19/h5-17,33H,1-4H3/b31-24+. The molecular weight excluding hydrogens is 474 g/mol. The lowest BCUT2D eigenvalue weighted by molar-refractivity contribution is 0.400. The quantitative estimate of drug-likeness (QED) is 0.279. The Bertz CT molecular complexity index is 1580. The van der Waals surface area contributed by atoms with Crippen LogP contribution in [-0.4, -0.2) is 34.8 Å². The number of fused-ring (bicyclic) bond motifs is 2. The van der Waals surface area contributed by atoms with Crippen molar-refractivity contribution in [3.05, 3.63) is 83.3 Å². The summed E-state index contributed by atoms with van der Waals surface area (Å²) in [5, 5.41) is 4.93. The minimum Gasteiger partial charge on any atom is -0.497 e. The zero-order valence-electron chi connectivity index (χ0n) is 20.5. The van der Waals surface area contributed by atoms with Gasteiger partial charge in [0.2, 0.25) is 5.88 Å². The first-order chi connectivity index (χ1) is 17.5. The lowest BCUT2D eigenvalue weighted by Crippen LogP contribution is -2.16. The molecule has 1 aromatic heterocycles. The van der Waals surface area contributed by atoms with Crippen LogP contribution in [-0.2, 0) is 0 Å². The van der Waals surface area contributed by atoms with Crippen LogP contribution in [0.5, 0.6) is 11.6 Å². The Morgan fingerprint density at radius 1 is 0.944 bits per heavy atom. The van der Waals surface area contributed by atoms with Gasteiger partial charge in [0.1, 0.15) is 11.4 Å². The van der Waals surface area contributed by atoms with Gasteiger partial charge < -0.3 is 19.4 Å². The van der Waals surface area contributed by atoms with E-state index in [4.69, 9.17) is 31.1 Å². The first-order valence-corrected chi connectivity index (χ1v) is 11.9. The number of methoxy groups -OCH3 is 2. The molecule has 1 aliphatic heterocycles. The lowest BCUT2D eigenvalue weighted by atomic mass is 10.1. The molecule has 7 nitrogen and oxygen atoms in total. The van der Waals surface area contributed by atoms with Gasteiger partial charge in [-0.2, -0.15) is 0 Å². The summed E-state index contributed by atoms with van der Waals surface area (Å²) in [4.78, 5) is 14.2. The summed E-state index contributed by atoms with van der Waals surface area (Å²) in [7, 11) is 3.26. The molecule has 0 atom stereocenters. The lowest BCUT2D eigenvalue weighted by Gasteiger charge is -2.21. The van der Waals surface area contributed by atoms with Gasteiger partial charge in [-0.1, -0.05) is 11.6 Å². The third-order valence-corrected chi connectivity index (χ3v) is 5.97. The molecule has 0 unspecified atom stereocenters. The number of rotatable bonds is 6. The Morgan fingerprint density at radius 2 is 1.75 bits per heavy atom. The number of halogens is 1. The average Bonchev–Trinajstić information content (AvgIpc) is 2.88. The molecule has 0 fully saturated rings. The van der Waals surface area contributed by atoms with E-state index in [1.54, 1.807) is 20.4 Å². The van der Waals surface area contributed by atoms with Crippen molar-refractivity contribution in [1.29, 1.82) is 0 Å². The fourth-order valence-electron chi connectivity index (χ4n) is 4.14. The molecule has 2 aliphatic rings. The van der Waals surface area contributed by atoms with E-state index >= 15 is 0 Å². The summed E-state index contributed by atoms with van der Waals surface area (Å²) in [6.07, 6.45) is 1.70. The molecule has 2 aromatic carbocycles. The molecule has 1 N–H and O–H groups in total. The molecule has 0 amide bonds. The van der Waals surface area contributed by atoms with Crippen molar-refractivity contribution in [3.8, 4) is 28.7 Å². The number of ether oxygens (including phenoxy) is 2. The highest BCUT2D eigenvalue weighted by atomic mass is 35.5. The molecule has 0 saturated carbocycles. The maximum Gasteiger partial charge on any atom is 0.237 e. The molecule has 0 saturated heterocycles. The number of hydrogen-bond donors (Lipinski definition) is 1. The summed E-state index contributed by atoms with van der Waals surface area (Å²) in [5.74, 6) is 1.25. The van der Waals surface area contributed by atoms with Crippen molar-refractivity contribution in [1.82, 2.24) is 14.5 Å². The van der Waals surface area contributed by atoms with E-state index in [1.807, 2.05) is 60.7 Å². The van der Waals surface area contributed by atoms with Crippen LogP contribution in [0, 0.1) is 0 Å². The molecule has 8 heteroatoms. The normalized spacial score (nSPS) is 11.9. The maximum absolute atomic E-state index is 6.21. The highest BCUT2D eigenvalue weighted by Crippen LogP contribution is 2.33. The third-order valence-electron chi connectivity index (χ3n) is 5.71. The number of nitrogens with zero attached hydrogens (tertiary/aromatic N) is 4. The summed E-state index contributed by atoms with van der Waals surface area (Å²) in [5.41, 5.74) is 5.96. The molecule has 36 heavy (non-hydrogen) atoms.